The van der Waals surface area contributed by atoms with Crippen molar-refractivity contribution in [1.82, 2.24) is 10.2 Å². The zero-order valence-corrected chi connectivity index (χ0v) is 21.6. The van der Waals surface area contributed by atoms with E-state index >= 15 is 4.39 Å². The Bertz CT molecular complexity index is 1410. The van der Waals surface area contributed by atoms with Crippen LogP contribution in [0.5, 0.6) is 0 Å². The second-order valence-electron chi connectivity index (χ2n) is 9.08. The van der Waals surface area contributed by atoms with Gasteiger partial charge in [-0.15, -0.1) is 0 Å². The molecule has 5 rings (SSSR count). The fraction of sp³-hybridized carbons (Fsp3) is 0.346. The van der Waals surface area contributed by atoms with Gasteiger partial charge in [0.1, 0.15) is 11.9 Å². The fourth-order valence-corrected chi connectivity index (χ4v) is 4.96. The summed E-state index contributed by atoms with van der Waals surface area (Å²) in [7, 11) is 0. The molecule has 1 unspecified atom stereocenters. The number of benzene rings is 2. The number of furan rings is 1. The molecule has 0 spiro atoms. The van der Waals surface area contributed by atoms with Crippen LogP contribution in [0.2, 0.25) is 0 Å². The highest BCUT2D eigenvalue weighted by molar-refractivity contribution is 8.12. The van der Waals surface area contributed by atoms with Gasteiger partial charge < -0.3 is 24.3 Å². The van der Waals surface area contributed by atoms with Crippen molar-refractivity contribution >= 4 is 51.3 Å². The van der Waals surface area contributed by atoms with E-state index in [0.717, 1.165) is 11.8 Å². The maximum Gasteiger partial charge on any atom is 0.414 e. The first-order valence-electron chi connectivity index (χ1n) is 12.1. The molecule has 1 atom stereocenters. The van der Waals surface area contributed by atoms with E-state index in [2.05, 4.69) is 5.32 Å². The molecule has 1 N–H and O–H groups in total. The van der Waals surface area contributed by atoms with Crippen molar-refractivity contribution in [2.75, 3.05) is 55.3 Å². The number of thioether (sulfide) groups is 1. The van der Waals surface area contributed by atoms with E-state index in [-0.39, 0.29) is 35.6 Å². The van der Waals surface area contributed by atoms with E-state index in [1.54, 1.807) is 42.3 Å². The van der Waals surface area contributed by atoms with Crippen LogP contribution in [-0.2, 0) is 4.74 Å². The van der Waals surface area contributed by atoms with Crippen LogP contribution in [0, 0.1) is 18.6 Å². The Kier molecular flexibility index (Phi) is 7.15. The molecule has 0 aliphatic carbocycles. The molecule has 38 heavy (non-hydrogen) atoms. The van der Waals surface area contributed by atoms with Crippen molar-refractivity contribution in [3.8, 4) is 0 Å². The van der Waals surface area contributed by atoms with Crippen molar-refractivity contribution in [3.05, 3.63) is 59.4 Å². The van der Waals surface area contributed by atoms with Crippen LogP contribution in [0.3, 0.4) is 0 Å². The van der Waals surface area contributed by atoms with E-state index < -0.39 is 23.8 Å². The predicted octanol–water partition coefficient (Wildman–Crippen LogP) is 4.38. The molecule has 2 fully saturated rings. The van der Waals surface area contributed by atoms with Gasteiger partial charge in [0, 0.05) is 37.1 Å². The van der Waals surface area contributed by atoms with Crippen LogP contribution in [0.1, 0.15) is 16.1 Å². The summed E-state index contributed by atoms with van der Waals surface area (Å²) >= 11 is 1.03. The number of carbonyl (C=O) groups is 3. The van der Waals surface area contributed by atoms with Gasteiger partial charge in [-0.05, 0) is 37.4 Å². The molecule has 0 bridgehead atoms. The summed E-state index contributed by atoms with van der Waals surface area (Å²) in [4.78, 5) is 41.6. The maximum atomic E-state index is 15.1. The molecule has 9 nitrogen and oxygen atoms in total. The number of nitrogens with one attached hydrogen (secondary N) is 1. The molecular formula is C26H26F2N4O5S. The van der Waals surface area contributed by atoms with Crippen molar-refractivity contribution in [1.29, 1.82) is 0 Å². The predicted molar refractivity (Wildman–Crippen MR) is 140 cm³/mol. The lowest BCUT2D eigenvalue weighted by Crippen LogP contribution is -2.49. The Morgan fingerprint density at radius 2 is 1.87 bits per heavy atom. The summed E-state index contributed by atoms with van der Waals surface area (Å²) in [6.45, 7) is 3.54. The molecule has 0 radical (unpaired) electrons. The number of hydrogen-bond donors (Lipinski definition) is 1. The smallest absolute Gasteiger partial charge is 0.414 e. The Hall–Kier alpha value is -3.80. The van der Waals surface area contributed by atoms with Crippen LogP contribution in [0.15, 0.2) is 40.8 Å². The van der Waals surface area contributed by atoms with Gasteiger partial charge in [-0.3, -0.25) is 14.5 Å². The van der Waals surface area contributed by atoms with E-state index in [4.69, 9.17) is 9.15 Å². The van der Waals surface area contributed by atoms with Gasteiger partial charge in [0.15, 0.2) is 17.2 Å². The summed E-state index contributed by atoms with van der Waals surface area (Å²) in [6.07, 6.45) is 0.515. The SMILES string of the molecule is CSC(=O)NCC1CN(c2ccc(N3CCN(C(=O)c4oc5c(F)cccc5c4C)CC3)c(F)c2)C(=O)O1. The number of carbonyl (C=O) groups excluding carboxylic acids is 3. The normalized spacial score (nSPS) is 17.7. The molecule has 3 aromatic rings. The van der Waals surface area contributed by atoms with Gasteiger partial charge in [-0.25, -0.2) is 13.6 Å². The van der Waals surface area contributed by atoms with E-state index in [0.29, 0.717) is 48.5 Å². The second kappa shape index (κ2) is 10.5. The molecule has 200 valence electrons. The third-order valence-corrected chi connectivity index (χ3v) is 7.31. The quantitative estimate of drug-likeness (QED) is 0.509. The van der Waals surface area contributed by atoms with Gasteiger partial charge in [-0.2, -0.15) is 0 Å². The van der Waals surface area contributed by atoms with Crippen LogP contribution >= 0.6 is 11.8 Å². The van der Waals surface area contributed by atoms with E-state index in [1.165, 1.54) is 17.0 Å². The number of nitrogens with zero attached hydrogens (tertiary/aromatic N) is 3. The van der Waals surface area contributed by atoms with Crippen LogP contribution in [0.4, 0.5) is 29.7 Å². The average molecular weight is 545 g/mol. The lowest BCUT2D eigenvalue weighted by atomic mass is 10.1. The minimum Gasteiger partial charge on any atom is -0.448 e. The number of aryl methyl sites for hydroxylation is 1. The molecular weight excluding hydrogens is 518 g/mol. The highest BCUT2D eigenvalue weighted by atomic mass is 32.2. The highest BCUT2D eigenvalue weighted by Crippen LogP contribution is 2.30. The molecule has 2 saturated heterocycles. The van der Waals surface area contributed by atoms with Crippen LogP contribution < -0.4 is 15.1 Å². The number of piperazine rings is 1. The van der Waals surface area contributed by atoms with Crippen molar-refractivity contribution in [3.63, 3.8) is 0 Å². The monoisotopic (exact) mass is 544 g/mol. The minimum atomic E-state index is -0.603. The summed E-state index contributed by atoms with van der Waals surface area (Å²) < 4.78 is 40.1. The lowest BCUT2D eigenvalue weighted by Gasteiger charge is -2.36. The number of halogens is 2. The standard InChI is InChI=1S/C26H26F2N4O5S/c1-15-18-4-3-5-19(27)23(18)37-22(15)24(33)31-10-8-30(9-11-31)21-7-6-16(12-20(21)28)32-14-17(36-26(32)35)13-29-25(34)38-2/h3-7,12,17H,8-11,13-14H2,1-2H3,(H,29,34). The number of hydrogen-bond acceptors (Lipinski definition) is 7. The minimum absolute atomic E-state index is 0.0621. The Morgan fingerprint density at radius 3 is 2.55 bits per heavy atom. The Balaban J connectivity index is 1.22. The number of ether oxygens (including phenoxy) is 1. The van der Waals surface area contributed by atoms with Crippen molar-refractivity contribution in [2.24, 2.45) is 0 Å². The lowest BCUT2D eigenvalue weighted by molar-refractivity contribution is 0.0715. The van der Waals surface area contributed by atoms with Gasteiger partial charge in [0.2, 0.25) is 0 Å². The Morgan fingerprint density at radius 1 is 1.11 bits per heavy atom. The van der Waals surface area contributed by atoms with Gasteiger partial charge in [0.05, 0.1) is 24.5 Å². The van der Waals surface area contributed by atoms with E-state index in [9.17, 15) is 18.8 Å². The first-order chi connectivity index (χ1) is 18.3. The molecule has 2 aromatic carbocycles. The molecule has 2 aliphatic rings. The molecule has 3 heterocycles. The number of fused-ring (bicyclic) bond motifs is 1. The third-order valence-electron chi connectivity index (χ3n) is 6.79. The van der Waals surface area contributed by atoms with Gasteiger partial charge in [0.25, 0.3) is 11.1 Å². The first-order valence-corrected chi connectivity index (χ1v) is 13.3. The topological polar surface area (TPSA) is 95.3 Å². The second-order valence-corrected chi connectivity index (χ2v) is 9.86. The molecule has 12 heteroatoms. The molecule has 0 saturated carbocycles. The first kappa shape index (κ1) is 25.8. The van der Waals surface area contributed by atoms with Crippen LogP contribution in [0.25, 0.3) is 11.0 Å². The van der Waals surface area contributed by atoms with E-state index in [1.807, 2.05) is 4.90 Å². The zero-order chi connectivity index (χ0) is 27.0. The molecule has 2 aliphatic heterocycles. The number of cyclic esters (lactones) is 1. The van der Waals surface area contributed by atoms with Crippen molar-refractivity contribution in [2.45, 2.75) is 13.0 Å². The van der Waals surface area contributed by atoms with Gasteiger partial charge in [-0.1, -0.05) is 23.9 Å². The number of para-hydroxylation sites is 1. The molecule has 1 aromatic heterocycles. The maximum absolute atomic E-state index is 15.1. The fourth-order valence-electron chi connectivity index (χ4n) is 4.74. The van der Waals surface area contributed by atoms with Crippen LogP contribution in [-0.4, -0.2) is 73.8 Å². The highest BCUT2D eigenvalue weighted by Gasteiger charge is 2.33. The van der Waals surface area contributed by atoms with Gasteiger partial charge >= 0.3 is 6.09 Å². The number of anilines is 2. The summed E-state index contributed by atoms with van der Waals surface area (Å²) in [5, 5.41) is 2.99. The summed E-state index contributed by atoms with van der Waals surface area (Å²) in [6, 6.07) is 9.10. The largest absolute Gasteiger partial charge is 0.448 e. The average Bonchev–Trinajstić information content (AvgIpc) is 3.47. The molecule has 3 amide bonds. The Labute approximate surface area is 221 Å². The van der Waals surface area contributed by atoms with Crippen molar-refractivity contribution < 1.29 is 32.3 Å². The number of rotatable bonds is 5. The summed E-state index contributed by atoms with van der Waals surface area (Å²) in [5.41, 5.74) is 1.37. The zero-order valence-electron chi connectivity index (χ0n) is 20.8. The number of amides is 3. The summed E-state index contributed by atoms with van der Waals surface area (Å²) in [5.74, 6) is -1.24. The third kappa shape index (κ3) is 4.87.